The quantitative estimate of drug-likeness (QED) is 0.429. The lowest BCUT2D eigenvalue weighted by molar-refractivity contribution is -0.143. The minimum Gasteiger partial charge on any atom is -0.457 e. The molecule has 0 unspecified atom stereocenters. The number of carbonyl (C=O) groups excluding carboxylic acids is 3. The molecule has 7 heteroatoms. The van der Waals surface area contributed by atoms with Gasteiger partial charge in [-0.1, -0.05) is 42.5 Å². The molecule has 0 saturated heterocycles. The Kier molecular flexibility index (Phi) is 6.46. The van der Waals surface area contributed by atoms with E-state index in [2.05, 4.69) is 9.88 Å². The molecule has 6 nitrogen and oxygen atoms in total. The number of aromatic nitrogens is 1. The Morgan fingerprint density at radius 1 is 1.06 bits per heavy atom. The summed E-state index contributed by atoms with van der Waals surface area (Å²) in [6, 6.07) is 19.3. The first-order chi connectivity index (χ1) is 15.4. The fourth-order valence-corrected chi connectivity index (χ4v) is 4.85. The summed E-state index contributed by atoms with van der Waals surface area (Å²) in [6.45, 7) is 4.17. The lowest BCUT2D eigenvalue weighted by Gasteiger charge is -2.23. The largest absolute Gasteiger partial charge is 0.457 e. The van der Waals surface area contributed by atoms with Crippen LogP contribution in [-0.2, 0) is 20.9 Å². The van der Waals surface area contributed by atoms with Crippen molar-refractivity contribution in [2.75, 3.05) is 11.9 Å². The van der Waals surface area contributed by atoms with Gasteiger partial charge in [-0.05, 0) is 37.6 Å². The first-order valence-electron chi connectivity index (χ1n) is 10.4. The zero-order valence-electron chi connectivity index (χ0n) is 18.0. The molecule has 1 aliphatic rings. The van der Waals surface area contributed by atoms with Crippen molar-refractivity contribution in [2.45, 2.75) is 37.0 Å². The first-order valence-corrected chi connectivity index (χ1v) is 11.3. The van der Waals surface area contributed by atoms with Crippen LogP contribution in [0.1, 0.15) is 33.7 Å². The molecular formula is C25H24N2O4S. The van der Waals surface area contributed by atoms with Crippen LogP contribution in [0.25, 0.3) is 0 Å². The van der Waals surface area contributed by atoms with Crippen LogP contribution in [0.4, 0.5) is 5.69 Å². The van der Waals surface area contributed by atoms with Gasteiger partial charge in [0, 0.05) is 28.4 Å². The lowest BCUT2D eigenvalue weighted by atomic mass is 10.1. The van der Waals surface area contributed by atoms with Crippen molar-refractivity contribution >= 4 is 35.1 Å². The maximum absolute atomic E-state index is 12.7. The van der Waals surface area contributed by atoms with Gasteiger partial charge in [-0.25, -0.2) is 0 Å². The summed E-state index contributed by atoms with van der Waals surface area (Å²) in [5, 5.41) is 2.23. The molecule has 2 heterocycles. The van der Waals surface area contributed by atoms with E-state index in [9.17, 15) is 14.4 Å². The smallest absolute Gasteiger partial charge is 0.307 e. The molecule has 2 aromatic carbocycles. The van der Waals surface area contributed by atoms with Gasteiger partial charge < -0.3 is 14.6 Å². The summed E-state index contributed by atoms with van der Waals surface area (Å²) in [5.41, 5.74) is 4.24. The van der Waals surface area contributed by atoms with E-state index in [1.54, 1.807) is 0 Å². The standard InChI is InChI=1S/C25H24N2O4S/c1-16-12-19(17(2)27(16)14-18-8-4-3-5-9-18)21(28)15-31-24(29)13-23-25(30)26-20-10-6-7-11-22(20)32-23/h3-12,23H,13-15H2,1-2H3,(H,26,30)/t23-/m0/s1. The Bertz CT molecular complexity index is 1170. The fourth-order valence-electron chi connectivity index (χ4n) is 3.75. The molecule has 0 radical (unpaired) electrons. The van der Waals surface area contributed by atoms with E-state index in [4.69, 9.17) is 4.74 Å². The number of anilines is 1. The van der Waals surface area contributed by atoms with E-state index >= 15 is 0 Å². The van der Waals surface area contributed by atoms with Crippen molar-refractivity contribution in [1.82, 2.24) is 4.57 Å². The monoisotopic (exact) mass is 448 g/mol. The minimum atomic E-state index is -0.580. The van der Waals surface area contributed by atoms with Crippen molar-refractivity contribution in [3.05, 3.63) is 83.2 Å². The van der Waals surface area contributed by atoms with Crippen molar-refractivity contribution in [3.8, 4) is 0 Å². The van der Waals surface area contributed by atoms with Crippen molar-refractivity contribution < 1.29 is 19.1 Å². The predicted molar refractivity (Wildman–Crippen MR) is 124 cm³/mol. The second kappa shape index (κ2) is 9.44. The molecule has 1 N–H and O–H groups in total. The summed E-state index contributed by atoms with van der Waals surface area (Å²) in [4.78, 5) is 38.2. The number of fused-ring (bicyclic) bond motifs is 1. The van der Waals surface area contributed by atoms with Gasteiger partial charge in [0.05, 0.1) is 17.4 Å². The molecule has 3 aromatic rings. The van der Waals surface area contributed by atoms with Crippen LogP contribution in [0, 0.1) is 13.8 Å². The number of esters is 1. The van der Waals surface area contributed by atoms with Gasteiger partial charge in [-0.3, -0.25) is 14.4 Å². The third kappa shape index (κ3) is 4.78. The van der Waals surface area contributed by atoms with Gasteiger partial charge >= 0.3 is 5.97 Å². The fraction of sp³-hybridized carbons (Fsp3) is 0.240. The molecule has 0 bridgehead atoms. The topological polar surface area (TPSA) is 77.4 Å². The molecule has 4 rings (SSSR count). The molecule has 1 aliphatic heterocycles. The average molecular weight is 449 g/mol. The molecule has 0 spiro atoms. The zero-order chi connectivity index (χ0) is 22.7. The highest BCUT2D eigenvalue weighted by Crippen LogP contribution is 2.36. The van der Waals surface area contributed by atoms with Gasteiger partial charge in [-0.15, -0.1) is 11.8 Å². The molecule has 0 saturated carbocycles. The Morgan fingerprint density at radius 3 is 2.56 bits per heavy atom. The normalized spacial score (nSPS) is 15.1. The van der Waals surface area contributed by atoms with E-state index < -0.39 is 11.2 Å². The van der Waals surface area contributed by atoms with Crippen LogP contribution >= 0.6 is 11.8 Å². The van der Waals surface area contributed by atoms with Crippen molar-refractivity contribution in [2.24, 2.45) is 0 Å². The number of para-hydroxylation sites is 1. The third-order valence-corrected chi connectivity index (χ3v) is 6.76. The Labute approximate surface area is 191 Å². The molecular weight excluding hydrogens is 424 g/mol. The molecule has 0 fully saturated rings. The number of ether oxygens (including phenoxy) is 1. The highest BCUT2D eigenvalue weighted by atomic mass is 32.2. The van der Waals surface area contributed by atoms with Gasteiger partial charge in [-0.2, -0.15) is 0 Å². The van der Waals surface area contributed by atoms with Crippen LogP contribution in [0.15, 0.2) is 65.6 Å². The number of amides is 1. The Hall–Kier alpha value is -3.32. The van der Waals surface area contributed by atoms with E-state index in [1.807, 2.05) is 74.5 Å². The summed E-state index contributed by atoms with van der Waals surface area (Å²) < 4.78 is 7.30. The SMILES string of the molecule is Cc1cc(C(=O)COC(=O)C[C@@H]2Sc3ccccc3NC2=O)c(C)n1Cc1ccccc1. The highest BCUT2D eigenvalue weighted by Gasteiger charge is 2.29. The van der Waals surface area contributed by atoms with Crippen LogP contribution in [-0.4, -0.2) is 34.1 Å². The van der Waals surface area contributed by atoms with E-state index in [0.29, 0.717) is 12.1 Å². The van der Waals surface area contributed by atoms with Gasteiger partial charge in [0.25, 0.3) is 0 Å². The molecule has 0 aliphatic carbocycles. The van der Waals surface area contributed by atoms with Crippen molar-refractivity contribution in [3.63, 3.8) is 0 Å². The third-order valence-electron chi connectivity index (χ3n) is 5.48. The highest BCUT2D eigenvalue weighted by molar-refractivity contribution is 8.01. The van der Waals surface area contributed by atoms with Crippen LogP contribution in [0.3, 0.4) is 0 Å². The molecule has 1 aromatic heterocycles. The lowest BCUT2D eigenvalue weighted by Crippen LogP contribution is -2.31. The number of Topliss-reactive ketones (excluding diaryl/α,β-unsaturated/α-hetero) is 1. The van der Waals surface area contributed by atoms with Gasteiger partial charge in [0.1, 0.15) is 0 Å². The van der Waals surface area contributed by atoms with Gasteiger partial charge in [0.2, 0.25) is 11.7 Å². The number of hydrogen-bond donors (Lipinski definition) is 1. The number of rotatable bonds is 7. The van der Waals surface area contributed by atoms with Crippen LogP contribution in [0.2, 0.25) is 0 Å². The van der Waals surface area contributed by atoms with E-state index in [-0.39, 0.29) is 24.7 Å². The molecule has 164 valence electrons. The maximum Gasteiger partial charge on any atom is 0.307 e. The summed E-state index contributed by atoms with van der Waals surface area (Å²) in [5.74, 6) is -1.05. The number of hydrogen-bond acceptors (Lipinski definition) is 5. The minimum absolute atomic E-state index is 0.0921. The predicted octanol–water partition coefficient (Wildman–Crippen LogP) is 4.38. The zero-order valence-corrected chi connectivity index (χ0v) is 18.8. The van der Waals surface area contributed by atoms with Gasteiger partial charge in [0.15, 0.2) is 6.61 Å². The summed E-state index contributed by atoms with van der Waals surface area (Å²) in [6.07, 6.45) is -0.0921. The summed E-state index contributed by atoms with van der Waals surface area (Å²) in [7, 11) is 0. The Balaban J connectivity index is 1.35. The maximum atomic E-state index is 12.7. The van der Waals surface area contributed by atoms with E-state index in [0.717, 1.165) is 27.5 Å². The van der Waals surface area contributed by atoms with Crippen LogP contribution in [0.5, 0.6) is 0 Å². The van der Waals surface area contributed by atoms with Crippen molar-refractivity contribution in [1.29, 1.82) is 0 Å². The second-order valence-corrected chi connectivity index (χ2v) is 8.98. The van der Waals surface area contributed by atoms with E-state index in [1.165, 1.54) is 11.8 Å². The average Bonchev–Trinajstić information content (AvgIpc) is 3.07. The number of ketones is 1. The number of aryl methyl sites for hydroxylation is 1. The molecule has 32 heavy (non-hydrogen) atoms. The number of nitrogens with zero attached hydrogens (tertiary/aromatic N) is 1. The second-order valence-electron chi connectivity index (χ2n) is 7.74. The number of carbonyl (C=O) groups is 3. The number of nitrogens with one attached hydrogen (secondary N) is 1. The Morgan fingerprint density at radius 2 is 1.78 bits per heavy atom. The molecule has 1 amide bonds. The number of benzene rings is 2. The van der Waals surface area contributed by atoms with Crippen LogP contribution < -0.4 is 5.32 Å². The molecule has 1 atom stereocenters. The number of thioether (sulfide) groups is 1. The first kappa shape index (κ1) is 21.9. The summed E-state index contributed by atoms with van der Waals surface area (Å²) >= 11 is 1.33.